The van der Waals surface area contributed by atoms with Crippen LogP contribution in [-0.2, 0) is 15.9 Å². The van der Waals surface area contributed by atoms with Gasteiger partial charge in [-0.2, -0.15) is 0 Å². The molecule has 0 radical (unpaired) electrons. The van der Waals surface area contributed by atoms with Crippen LogP contribution in [-0.4, -0.2) is 19.5 Å². The molecule has 0 aliphatic carbocycles. The molecule has 2 unspecified atom stereocenters. The summed E-state index contributed by atoms with van der Waals surface area (Å²) in [4.78, 5) is 0. The lowest BCUT2D eigenvalue weighted by Crippen LogP contribution is -2.28. The molecule has 2 aromatic rings. The average Bonchev–Trinajstić information content (AvgIpc) is 2.71. The van der Waals surface area contributed by atoms with Crippen LogP contribution >= 0.6 is 0 Å². The molecule has 1 heterocycles. The third-order valence-corrected chi connectivity index (χ3v) is 5.33. The van der Waals surface area contributed by atoms with Gasteiger partial charge in [-0.15, -0.1) is 0 Å². The second kappa shape index (κ2) is 9.57. The van der Waals surface area contributed by atoms with Gasteiger partial charge in [-0.25, -0.2) is 13.2 Å². The number of ether oxygens (including phenoxy) is 2. The van der Waals surface area contributed by atoms with E-state index >= 15 is 0 Å². The summed E-state index contributed by atoms with van der Waals surface area (Å²) in [6, 6.07) is 7.62. The van der Waals surface area contributed by atoms with Gasteiger partial charge < -0.3 is 9.47 Å². The van der Waals surface area contributed by atoms with E-state index < -0.39 is 17.5 Å². The molecule has 0 amide bonds. The molecule has 2 nitrogen and oxygen atoms in total. The van der Waals surface area contributed by atoms with Gasteiger partial charge in [0.15, 0.2) is 17.9 Å². The van der Waals surface area contributed by atoms with E-state index in [0.717, 1.165) is 12.8 Å². The molecule has 0 aromatic heterocycles. The normalized spacial score (nSPS) is 19.8. The maximum absolute atomic E-state index is 14.8. The topological polar surface area (TPSA) is 18.5 Å². The minimum absolute atomic E-state index is 0.0697. The van der Waals surface area contributed by atoms with Crippen molar-refractivity contribution in [1.82, 2.24) is 0 Å². The SMILES string of the molecule is CCCCOC1CCC(c2ccc(-c3ccc(CC)c(F)c3)c(F)c2F)CO1. The predicted octanol–water partition coefficient (Wildman–Crippen LogP) is 6.37. The summed E-state index contributed by atoms with van der Waals surface area (Å²) in [6.45, 7) is 4.89. The van der Waals surface area contributed by atoms with Crippen molar-refractivity contribution < 1.29 is 22.6 Å². The number of rotatable bonds is 7. The fraction of sp³-hybridized carbons (Fsp3) is 0.478. The molecule has 5 heteroatoms. The molecule has 0 N–H and O–H groups in total. The minimum atomic E-state index is -0.942. The van der Waals surface area contributed by atoms with E-state index in [1.54, 1.807) is 18.2 Å². The monoisotopic (exact) mass is 392 g/mol. The highest BCUT2D eigenvalue weighted by Crippen LogP contribution is 2.34. The summed E-state index contributed by atoms with van der Waals surface area (Å²) >= 11 is 0. The van der Waals surface area contributed by atoms with Gasteiger partial charge in [0, 0.05) is 18.1 Å². The van der Waals surface area contributed by atoms with Gasteiger partial charge in [0.25, 0.3) is 0 Å². The van der Waals surface area contributed by atoms with Crippen LogP contribution in [0.5, 0.6) is 0 Å². The predicted molar refractivity (Wildman–Crippen MR) is 104 cm³/mol. The van der Waals surface area contributed by atoms with Crippen molar-refractivity contribution in [3.05, 3.63) is 58.9 Å². The van der Waals surface area contributed by atoms with E-state index in [9.17, 15) is 13.2 Å². The maximum Gasteiger partial charge on any atom is 0.166 e. The van der Waals surface area contributed by atoms with Gasteiger partial charge in [-0.1, -0.05) is 44.5 Å². The smallest absolute Gasteiger partial charge is 0.166 e. The number of benzene rings is 2. The first-order chi connectivity index (χ1) is 13.5. The number of hydrogen-bond donors (Lipinski definition) is 0. The number of unbranched alkanes of at least 4 members (excludes halogenated alkanes) is 1. The van der Waals surface area contributed by atoms with Crippen molar-refractivity contribution in [2.24, 2.45) is 0 Å². The third kappa shape index (κ3) is 4.58. The van der Waals surface area contributed by atoms with Gasteiger partial charge in [-0.05, 0) is 48.4 Å². The van der Waals surface area contributed by atoms with Gasteiger partial charge in [0.2, 0.25) is 0 Å². The van der Waals surface area contributed by atoms with E-state index in [1.165, 1.54) is 12.1 Å². The Labute approximate surface area is 164 Å². The molecule has 152 valence electrons. The first-order valence-corrected chi connectivity index (χ1v) is 10.0. The highest BCUT2D eigenvalue weighted by atomic mass is 19.2. The quantitative estimate of drug-likeness (QED) is 0.510. The molecule has 1 fully saturated rings. The van der Waals surface area contributed by atoms with Gasteiger partial charge in [0.05, 0.1) is 6.61 Å². The van der Waals surface area contributed by atoms with E-state index in [-0.39, 0.29) is 17.8 Å². The molecule has 28 heavy (non-hydrogen) atoms. The van der Waals surface area contributed by atoms with Crippen LogP contribution in [0.3, 0.4) is 0 Å². The zero-order valence-electron chi connectivity index (χ0n) is 16.4. The maximum atomic E-state index is 14.8. The standard InChI is InChI=1S/C23H27F3O2/c1-3-5-12-27-21-11-8-17(14-28-21)19-10-9-18(22(25)23(19)26)16-7-6-15(4-2)20(24)13-16/h6-7,9-10,13,17,21H,3-5,8,11-12,14H2,1-2H3. The molecule has 0 bridgehead atoms. The molecule has 1 aliphatic heterocycles. The molecule has 1 aliphatic rings. The fourth-order valence-corrected chi connectivity index (χ4v) is 3.57. The Bertz CT molecular complexity index is 799. The van der Waals surface area contributed by atoms with E-state index in [2.05, 4.69) is 6.92 Å². The zero-order chi connectivity index (χ0) is 20.1. The molecule has 2 aromatic carbocycles. The van der Waals surface area contributed by atoms with Crippen molar-refractivity contribution in [3.63, 3.8) is 0 Å². The fourth-order valence-electron chi connectivity index (χ4n) is 3.57. The number of aryl methyl sites for hydroxylation is 1. The summed E-state index contributed by atoms with van der Waals surface area (Å²) in [5.41, 5.74) is 1.26. The lowest BCUT2D eigenvalue weighted by molar-refractivity contribution is -0.167. The Morgan fingerprint density at radius 2 is 1.86 bits per heavy atom. The average molecular weight is 392 g/mol. The van der Waals surface area contributed by atoms with Crippen molar-refractivity contribution >= 4 is 0 Å². The molecule has 0 spiro atoms. The third-order valence-electron chi connectivity index (χ3n) is 5.33. The van der Waals surface area contributed by atoms with Crippen molar-refractivity contribution in [2.75, 3.05) is 13.2 Å². The minimum Gasteiger partial charge on any atom is -0.353 e. The molecule has 2 atom stereocenters. The van der Waals surface area contributed by atoms with Crippen LogP contribution < -0.4 is 0 Å². The highest BCUT2D eigenvalue weighted by Gasteiger charge is 2.27. The zero-order valence-corrected chi connectivity index (χ0v) is 16.4. The van der Waals surface area contributed by atoms with E-state index in [1.807, 2.05) is 6.92 Å². The lowest BCUT2D eigenvalue weighted by atomic mass is 9.90. The Morgan fingerprint density at radius 1 is 1.04 bits per heavy atom. The van der Waals surface area contributed by atoms with Gasteiger partial charge in [-0.3, -0.25) is 0 Å². The Morgan fingerprint density at radius 3 is 2.50 bits per heavy atom. The Balaban J connectivity index is 1.73. The summed E-state index contributed by atoms with van der Waals surface area (Å²) in [7, 11) is 0. The summed E-state index contributed by atoms with van der Waals surface area (Å²) < 4.78 is 54.9. The molecule has 3 rings (SSSR count). The molecular formula is C23H27F3O2. The summed E-state index contributed by atoms with van der Waals surface area (Å²) in [5, 5.41) is 0. The van der Waals surface area contributed by atoms with Crippen LogP contribution in [0.15, 0.2) is 30.3 Å². The van der Waals surface area contributed by atoms with Gasteiger partial charge >= 0.3 is 0 Å². The number of halogens is 3. The lowest BCUT2D eigenvalue weighted by Gasteiger charge is -2.29. The highest BCUT2D eigenvalue weighted by molar-refractivity contribution is 5.65. The van der Waals surface area contributed by atoms with Gasteiger partial charge in [0.1, 0.15) is 5.82 Å². The number of hydrogen-bond acceptors (Lipinski definition) is 2. The van der Waals surface area contributed by atoms with Crippen LogP contribution in [0, 0.1) is 17.5 Å². The van der Waals surface area contributed by atoms with Crippen LogP contribution in [0.2, 0.25) is 0 Å². The van der Waals surface area contributed by atoms with E-state index in [4.69, 9.17) is 9.47 Å². The van der Waals surface area contributed by atoms with E-state index in [0.29, 0.717) is 49.2 Å². The Hall–Kier alpha value is -1.85. The Kier molecular flexibility index (Phi) is 7.13. The first-order valence-electron chi connectivity index (χ1n) is 10.0. The second-order valence-electron chi connectivity index (χ2n) is 7.25. The molecule has 0 saturated carbocycles. The van der Waals surface area contributed by atoms with Crippen molar-refractivity contribution in [3.8, 4) is 11.1 Å². The largest absolute Gasteiger partial charge is 0.353 e. The van der Waals surface area contributed by atoms with Crippen LogP contribution in [0.4, 0.5) is 13.2 Å². The van der Waals surface area contributed by atoms with Crippen LogP contribution in [0.25, 0.3) is 11.1 Å². The molecule has 1 saturated heterocycles. The van der Waals surface area contributed by atoms with Crippen LogP contribution in [0.1, 0.15) is 56.6 Å². The summed E-state index contributed by atoms with van der Waals surface area (Å²) in [5.74, 6) is -2.44. The van der Waals surface area contributed by atoms with Crippen molar-refractivity contribution in [2.45, 2.75) is 58.2 Å². The first kappa shape index (κ1) is 20.9. The summed E-state index contributed by atoms with van der Waals surface area (Å²) in [6.07, 6.45) is 3.64. The van der Waals surface area contributed by atoms with Crippen molar-refractivity contribution in [1.29, 1.82) is 0 Å². The molecular weight excluding hydrogens is 365 g/mol. The second-order valence-corrected chi connectivity index (χ2v) is 7.25.